The van der Waals surface area contributed by atoms with E-state index in [9.17, 15) is 0 Å². The number of thiophene rings is 1. The van der Waals surface area contributed by atoms with Gasteiger partial charge in [0.15, 0.2) is 23.0 Å². The van der Waals surface area contributed by atoms with E-state index in [1.807, 2.05) is 35.6 Å². The van der Waals surface area contributed by atoms with Crippen LogP contribution in [-0.2, 0) is 10.8 Å². The highest BCUT2D eigenvalue weighted by atomic mass is 32.1. The van der Waals surface area contributed by atoms with Gasteiger partial charge in [0, 0.05) is 65.8 Å². The van der Waals surface area contributed by atoms with Gasteiger partial charge in [-0.15, -0.1) is 11.3 Å². The highest BCUT2D eigenvalue weighted by Gasteiger charge is 2.52. The van der Waals surface area contributed by atoms with Crippen LogP contribution in [0.3, 0.4) is 0 Å². The zero-order valence-electron chi connectivity index (χ0n) is 35.2. The van der Waals surface area contributed by atoms with Gasteiger partial charge in [0.2, 0.25) is 0 Å². The second-order valence-electron chi connectivity index (χ2n) is 19.6. The Morgan fingerprint density at radius 1 is 0.617 bits per heavy atom. The van der Waals surface area contributed by atoms with Crippen LogP contribution in [0.4, 0.5) is 28.4 Å². The summed E-state index contributed by atoms with van der Waals surface area (Å²) in [5.74, 6) is 2.98. The molecule has 292 valence electrons. The zero-order valence-corrected chi connectivity index (χ0v) is 37.0. The molecule has 8 aromatic rings. The average molecular weight is 813 g/mol. The maximum Gasteiger partial charge on any atom is 0.333 e. The van der Waals surface area contributed by atoms with Gasteiger partial charge in [0.25, 0.3) is 0 Å². The van der Waals surface area contributed by atoms with Gasteiger partial charge in [-0.2, -0.15) is 0 Å². The maximum absolute atomic E-state index is 6.80. The molecule has 5 heterocycles. The quantitative estimate of drug-likeness (QED) is 0.154. The molecule has 5 aliphatic rings. The van der Waals surface area contributed by atoms with E-state index in [0.29, 0.717) is 0 Å². The fraction of sp³-hybridized carbons (Fsp3) is 0.208. The summed E-state index contributed by atoms with van der Waals surface area (Å²) in [6.07, 6.45) is 2.33. The molecule has 13 rings (SSSR count). The largest absolute Gasteiger partial charge is 0.450 e. The molecule has 0 radical (unpaired) electrons. The molecule has 0 unspecified atom stereocenters. The molecule has 0 atom stereocenters. The van der Waals surface area contributed by atoms with E-state index in [1.54, 1.807) is 0 Å². The third kappa shape index (κ3) is 4.42. The van der Waals surface area contributed by atoms with E-state index in [2.05, 4.69) is 154 Å². The monoisotopic (exact) mass is 812 g/mol. The van der Waals surface area contributed by atoms with Crippen molar-refractivity contribution in [1.29, 1.82) is 0 Å². The smallest absolute Gasteiger partial charge is 0.333 e. The van der Waals surface area contributed by atoms with Crippen LogP contribution in [-0.4, -0.2) is 14.9 Å². The number of hydrogen-bond acceptors (Lipinski definition) is 5. The van der Waals surface area contributed by atoms with Crippen molar-refractivity contribution < 1.29 is 9.47 Å². The van der Waals surface area contributed by atoms with Crippen LogP contribution in [0.5, 0.6) is 23.0 Å². The Bertz CT molecular complexity index is 3250. The second kappa shape index (κ2) is 11.5. The Hall–Kier alpha value is -5.76. The first-order valence-corrected chi connectivity index (χ1v) is 25.3. The van der Waals surface area contributed by atoms with Crippen LogP contribution in [0.1, 0.15) is 57.2 Å². The normalized spacial score (nSPS) is 17.7. The molecule has 0 saturated carbocycles. The Balaban J connectivity index is 1.20. The summed E-state index contributed by atoms with van der Waals surface area (Å²) < 4.78 is 16.3. The minimum Gasteiger partial charge on any atom is -0.450 e. The van der Waals surface area contributed by atoms with E-state index < -0.39 is 8.07 Å². The molecule has 0 saturated heterocycles. The van der Waals surface area contributed by atoms with Crippen molar-refractivity contribution in [1.82, 2.24) is 0 Å². The fourth-order valence-corrected chi connectivity index (χ4v) is 15.9. The minimum absolute atomic E-state index is 0.0431. The Morgan fingerprint density at radius 3 is 2.07 bits per heavy atom. The summed E-state index contributed by atoms with van der Waals surface area (Å²) in [6.45, 7) is 17.0. The predicted molar refractivity (Wildman–Crippen MR) is 256 cm³/mol. The molecule has 0 bridgehead atoms. The lowest BCUT2D eigenvalue weighted by Crippen LogP contribution is -2.68. The number of hydrogen-bond donors (Lipinski definition) is 0. The molecule has 1 aliphatic carbocycles. The van der Waals surface area contributed by atoms with E-state index >= 15 is 0 Å². The van der Waals surface area contributed by atoms with Crippen LogP contribution in [0.25, 0.3) is 31.3 Å². The van der Waals surface area contributed by atoms with Crippen molar-refractivity contribution in [2.45, 2.75) is 71.4 Å². The maximum atomic E-state index is 6.80. The zero-order chi connectivity index (χ0) is 40.6. The van der Waals surface area contributed by atoms with Crippen molar-refractivity contribution in [2.24, 2.45) is 0 Å². The number of nitrogens with zero attached hydrogens (tertiary/aromatic N) is 2. The molecule has 60 heavy (non-hydrogen) atoms. The summed E-state index contributed by atoms with van der Waals surface area (Å²) in [4.78, 5) is 5.33. The fourth-order valence-electron chi connectivity index (χ4n) is 11.6. The van der Waals surface area contributed by atoms with Gasteiger partial charge in [0.1, 0.15) is 8.07 Å². The molecule has 0 N–H and O–H groups in total. The van der Waals surface area contributed by atoms with Crippen molar-refractivity contribution in [3.8, 4) is 34.1 Å². The minimum atomic E-state index is -2.11. The highest BCUT2D eigenvalue weighted by Crippen LogP contribution is 2.56. The first kappa shape index (κ1) is 35.0. The Morgan fingerprint density at radius 2 is 1.28 bits per heavy atom. The molecular formula is C53H45BN2O2SSi. The van der Waals surface area contributed by atoms with Gasteiger partial charge in [-0.1, -0.05) is 114 Å². The third-order valence-electron chi connectivity index (χ3n) is 14.8. The molecule has 4 aliphatic heterocycles. The molecule has 0 fully saturated rings. The molecule has 0 spiro atoms. The van der Waals surface area contributed by atoms with Gasteiger partial charge in [-0.3, -0.25) is 0 Å². The number of fused-ring (bicyclic) bond motifs is 13. The summed E-state index contributed by atoms with van der Waals surface area (Å²) in [6, 6.07) is 45.7. The Labute approximate surface area is 357 Å². The van der Waals surface area contributed by atoms with Crippen LogP contribution >= 0.6 is 11.3 Å². The first-order chi connectivity index (χ1) is 28.9. The molecule has 0 amide bonds. The number of ether oxygens (including phenoxy) is 2. The standard InChI is InChI=1S/C53H45BN2O2SSi/c1-30-25-34-35(53(4,5)24-23-52(34,2)3)27-38(30)55-39-29-44-43(57-41-18-10-11-19-42(41)58-44)28-36(39)54-49-40(55)26-33-31-15-8-12-20-45(31)59-51(33)48(49)32-16-14-22-47-50(32)56(54)37-17-9-13-21-46(37)60(47,6)7/h8-22,25-29H,23-24H2,1-7H3. The second-order valence-corrected chi connectivity index (χ2v) is 25.0. The van der Waals surface area contributed by atoms with E-state index in [4.69, 9.17) is 9.47 Å². The van der Waals surface area contributed by atoms with Crippen LogP contribution in [0.2, 0.25) is 13.1 Å². The van der Waals surface area contributed by atoms with Gasteiger partial charge in [-0.05, 0) is 111 Å². The number of rotatable bonds is 1. The molecule has 4 nitrogen and oxygen atoms in total. The van der Waals surface area contributed by atoms with Crippen molar-refractivity contribution in [3.05, 3.63) is 138 Å². The van der Waals surface area contributed by atoms with Gasteiger partial charge in [-0.25, -0.2) is 0 Å². The van der Waals surface area contributed by atoms with Crippen molar-refractivity contribution in [3.63, 3.8) is 0 Å². The van der Waals surface area contributed by atoms with E-state index in [0.717, 1.165) is 35.1 Å². The first-order valence-electron chi connectivity index (χ1n) is 21.5. The topological polar surface area (TPSA) is 24.9 Å². The van der Waals surface area contributed by atoms with Gasteiger partial charge < -0.3 is 19.2 Å². The van der Waals surface area contributed by atoms with E-state index in [1.165, 1.54) is 98.5 Å². The predicted octanol–water partition coefficient (Wildman–Crippen LogP) is 12.5. The Kier molecular flexibility index (Phi) is 6.74. The van der Waals surface area contributed by atoms with Crippen LogP contribution < -0.4 is 40.5 Å². The van der Waals surface area contributed by atoms with Crippen LogP contribution in [0.15, 0.2) is 121 Å². The lowest BCUT2D eigenvalue weighted by Gasteiger charge is -2.51. The highest BCUT2D eigenvalue weighted by molar-refractivity contribution is 7.26. The summed E-state index contributed by atoms with van der Waals surface area (Å²) >= 11 is 1.95. The summed E-state index contributed by atoms with van der Waals surface area (Å²) in [5.41, 5.74) is 15.9. The number of para-hydroxylation sites is 4. The number of aryl methyl sites for hydroxylation is 1. The van der Waals surface area contributed by atoms with Crippen molar-refractivity contribution in [2.75, 3.05) is 9.71 Å². The molecule has 7 heteroatoms. The van der Waals surface area contributed by atoms with E-state index in [-0.39, 0.29) is 17.7 Å². The van der Waals surface area contributed by atoms with Gasteiger partial charge >= 0.3 is 6.85 Å². The average Bonchev–Trinajstić information content (AvgIpc) is 3.62. The van der Waals surface area contributed by atoms with Gasteiger partial charge in [0.05, 0.1) is 0 Å². The van der Waals surface area contributed by atoms with Crippen molar-refractivity contribution >= 4 is 96.2 Å². The number of benzene rings is 7. The molecular weight excluding hydrogens is 768 g/mol. The van der Waals surface area contributed by atoms with Crippen LogP contribution in [0, 0.1) is 6.92 Å². The SMILES string of the molecule is Cc1cc2c(cc1N1c3cc4c(cc3B3c5c1cc1c(sc6ccccc61)c5-c1cccc5c1N3c1ccccc1[Si]5(C)C)Oc1ccccc1O4)C(C)(C)CCC2(C)C. The molecule has 1 aromatic heterocycles. The number of anilines is 5. The lowest BCUT2D eigenvalue weighted by atomic mass is 9.43. The molecule has 7 aromatic carbocycles. The third-order valence-corrected chi connectivity index (χ3v) is 19.6. The summed E-state index contributed by atoms with van der Waals surface area (Å²) in [5, 5.41) is 5.61. The lowest BCUT2D eigenvalue weighted by molar-refractivity contribution is 0.332. The summed E-state index contributed by atoms with van der Waals surface area (Å²) in [7, 11) is -2.11.